The van der Waals surface area contributed by atoms with Crippen molar-refractivity contribution in [2.24, 2.45) is 0 Å². The third-order valence-electron chi connectivity index (χ3n) is 7.00. The van der Waals surface area contributed by atoms with E-state index < -0.39 is 6.04 Å². The van der Waals surface area contributed by atoms with Crippen molar-refractivity contribution in [3.63, 3.8) is 0 Å². The molecule has 0 aliphatic carbocycles. The van der Waals surface area contributed by atoms with Gasteiger partial charge in [-0.05, 0) is 84.6 Å². The summed E-state index contributed by atoms with van der Waals surface area (Å²) >= 11 is 0. The van der Waals surface area contributed by atoms with E-state index in [1.807, 2.05) is 74.5 Å². The first-order chi connectivity index (χ1) is 18.4. The van der Waals surface area contributed by atoms with Gasteiger partial charge in [-0.3, -0.25) is 9.59 Å². The number of amides is 1. The molecule has 5 nitrogen and oxygen atoms in total. The maximum atomic E-state index is 13.9. The number of halogens is 1. The Kier molecular flexibility index (Phi) is 5.80. The molecular weight excluding hydrogens is 481 g/mol. The number of hydrogen-bond donors (Lipinski definition) is 0. The van der Waals surface area contributed by atoms with Crippen LogP contribution in [0.3, 0.4) is 0 Å². The Morgan fingerprint density at radius 3 is 2.32 bits per heavy atom. The highest BCUT2D eigenvalue weighted by Crippen LogP contribution is 2.40. The minimum absolute atomic E-state index is 0.0345. The minimum Gasteiger partial charge on any atom is -0.457 e. The van der Waals surface area contributed by atoms with E-state index >= 15 is 0 Å². The first kappa shape index (κ1) is 23.7. The van der Waals surface area contributed by atoms with Crippen LogP contribution < -0.4 is 10.2 Å². The number of hydrogen-bond acceptors (Lipinski definition) is 4. The van der Waals surface area contributed by atoms with Gasteiger partial charge in [0.05, 0.1) is 17.0 Å². The van der Waals surface area contributed by atoms with Crippen molar-refractivity contribution in [1.29, 1.82) is 0 Å². The number of carbonyl (C=O) groups excluding carboxylic acids is 1. The van der Waals surface area contributed by atoms with Crippen LogP contribution in [0.2, 0.25) is 0 Å². The van der Waals surface area contributed by atoms with Gasteiger partial charge in [-0.2, -0.15) is 0 Å². The summed E-state index contributed by atoms with van der Waals surface area (Å²) < 4.78 is 25.7. The molecule has 1 atom stereocenters. The number of carbonyl (C=O) groups is 1. The molecule has 0 spiro atoms. The Morgan fingerprint density at radius 1 is 0.842 bits per heavy atom. The lowest BCUT2D eigenvalue weighted by Gasteiger charge is -2.25. The lowest BCUT2D eigenvalue weighted by Crippen LogP contribution is -2.29. The van der Waals surface area contributed by atoms with Crippen molar-refractivity contribution in [2.75, 3.05) is 0 Å². The van der Waals surface area contributed by atoms with Crippen LogP contribution in [0.1, 0.15) is 44.4 Å². The zero-order chi connectivity index (χ0) is 26.4. The van der Waals surface area contributed by atoms with E-state index in [1.54, 1.807) is 23.1 Å². The molecule has 2 heterocycles. The SMILES string of the molecule is Cc1cc2oc3c(c(=O)c2cc1C)C(c1cccc(Oc2ccccc2)c1)N(Cc1ccc(F)cc1)C3=O. The quantitative estimate of drug-likeness (QED) is 0.256. The second kappa shape index (κ2) is 9.30. The number of benzene rings is 4. The van der Waals surface area contributed by atoms with Gasteiger partial charge in [-0.15, -0.1) is 0 Å². The molecule has 0 saturated carbocycles. The fourth-order valence-corrected chi connectivity index (χ4v) is 4.94. The molecule has 1 aromatic heterocycles. The Labute approximate surface area is 218 Å². The molecule has 6 rings (SSSR count). The monoisotopic (exact) mass is 505 g/mol. The lowest BCUT2D eigenvalue weighted by atomic mass is 9.97. The average molecular weight is 506 g/mol. The highest BCUT2D eigenvalue weighted by atomic mass is 19.1. The third kappa shape index (κ3) is 4.14. The number of ether oxygens (including phenoxy) is 1. The summed E-state index contributed by atoms with van der Waals surface area (Å²) in [6.45, 7) is 4.05. The number of fused-ring (bicyclic) bond motifs is 2. The lowest BCUT2D eigenvalue weighted by molar-refractivity contribution is 0.0714. The summed E-state index contributed by atoms with van der Waals surface area (Å²) in [4.78, 5) is 29.3. The van der Waals surface area contributed by atoms with Gasteiger partial charge in [0.1, 0.15) is 22.9 Å². The topological polar surface area (TPSA) is 59.8 Å². The van der Waals surface area contributed by atoms with E-state index in [1.165, 1.54) is 12.1 Å². The minimum atomic E-state index is -0.705. The van der Waals surface area contributed by atoms with Gasteiger partial charge in [-0.25, -0.2) is 4.39 Å². The molecule has 0 saturated heterocycles. The second-order valence-corrected chi connectivity index (χ2v) is 9.56. The summed E-state index contributed by atoms with van der Waals surface area (Å²) in [5, 5.41) is 0.435. The largest absolute Gasteiger partial charge is 0.457 e. The van der Waals surface area contributed by atoms with E-state index in [-0.39, 0.29) is 29.5 Å². The Hall–Kier alpha value is -4.71. The summed E-state index contributed by atoms with van der Waals surface area (Å²) in [6.07, 6.45) is 0. The average Bonchev–Trinajstić information content (AvgIpc) is 3.19. The van der Waals surface area contributed by atoms with Crippen molar-refractivity contribution in [3.8, 4) is 11.5 Å². The number of aryl methyl sites for hydroxylation is 2. The van der Waals surface area contributed by atoms with Gasteiger partial charge < -0.3 is 14.1 Å². The molecule has 1 unspecified atom stereocenters. The van der Waals surface area contributed by atoms with E-state index in [0.717, 1.165) is 16.7 Å². The maximum Gasteiger partial charge on any atom is 0.291 e. The van der Waals surface area contributed by atoms with Crippen LogP contribution in [0, 0.1) is 19.7 Å². The predicted octanol–water partition coefficient (Wildman–Crippen LogP) is 7.09. The molecule has 1 aliphatic heterocycles. The Morgan fingerprint density at radius 2 is 1.55 bits per heavy atom. The molecule has 0 fully saturated rings. The number of rotatable bonds is 5. The van der Waals surface area contributed by atoms with Crippen molar-refractivity contribution >= 4 is 16.9 Å². The highest BCUT2D eigenvalue weighted by Gasteiger charge is 2.43. The standard InChI is InChI=1S/C32H24FNO4/c1-19-15-26-27(16-20(19)2)38-31-28(30(26)35)29(34(32(31)36)18-21-11-13-23(33)14-12-21)22-7-6-10-25(17-22)37-24-8-4-3-5-9-24/h3-17,29H,18H2,1-2H3. The molecule has 0 N–H and O–H groups in total. The molecule has 188 valence electrons. The maximum absolute atomic E-state index is 13.9. The van der Waals surface area contributed by atoms with Crippen LogP contribution >= 0.6 is 0 Å². The van der Waals surface area contributed by atoms with Gasteiger partial charge in [0, 0.05) is 6.54 Å². The predicted molar refractivity (Wildman–Crippen MR) is 143 cm³/mol. The van der Waals surface area contributed by atoms with Crippen LogP contribution in [0.15, 0.2) is 100 Å². The summed E-state index contributed by atoms with van der Waals surface area (Å²) in [7, 11) is 0. The number of nitrogens with zero attached hydrogens (tertiary/aromatic N) is 1. The molecular formula is C32H24FNO4. The van der Waals surface area contributed by atoms with Gasteiger partial charge in [0.25, 0.3) is 5.91 Å². The van der Waals surface area contributed by atoms with Crippen molar-refractivity contribution in [1.82, 2.24) is 4.90 Å². The number of para-hydroxylation sites is 1. The first-order valence-electron chi connectivity index (χ1n) is 12.4. The van der Waals surface area contributed by atoms with E-state index in [9.17, 15) is 14.0 Å². The van der Waals surface area contributed by atoms with Gasteiger partial charge in [0.2, 0.25) is 5.76 Å². The Balaban J connectivity index is 1.51. The van der Waals surface area contributed by atoms with E-state index in [4.69, 9.17) is 9.15 Å². The van der Waals surface area contributed by atoms with Crippen molar-refractivity contribution < 1.29 is 18.3 Å². The summed E-state index contributed by atoms with van der Waals surface area (Å²) in [5.74, 6) is 0.536. The molecule has 0 radical (unpaired) electrons. The Bertz CT molecular complexity index is 1740. The van der Waals surface area contributed by atoms with E-state index in [0.29, 0.717) is 33.6 Å². The zero-order valence-corrected chi connectivity index (χ0v) is 20.9. The zero-order valence-electron chi connectivity index (χ0n) is 20.9. The van der Waals surface area contributed by atoms with Crippen molar-refractivity contribution in [3.05, 3.63) is 141 Å². The summed E-state index contributed by atoms with van der Waals surface area (Å²) in [6, 6.07) is 25.6. The van der Waals surface area contributed by atoms with E-state index in [2.05, 4.69) is 0 Å². The highest BCUT2D eigenvalue weighted by molar-refractivity contribution is 5.99. The van der Waals surface area contributed by atoms with Gasteiger partial charge in [0.15, 0.2) is 5.43 Å². The van der Waals surface area contributed by atoms with Crippen molar-refractivity contribution in [2.45, 2.75) is 26.4 Å². The molecule has 5 aromatic rings. The molecule has 1 aliphatic rings. The molecule has 6 heteroatoms. The molecule has 38 heavy (non-hydrogen) atoms. The van der Waals surface area contributed by atoms with Crippen LogP contribution in [0.4, 0.5) is 4.39 Å². The van der Waals surface area contributed by atoms with Crippen LogP contribution in [-0.4, -0.2) is 10.8 Å². The van der Waals surface area contributed by atoms with Gasteiger partial charge in [-0.1, -0.05) is 42.5 Å². The summed E-state index contributed by atoms with van der Waals surface area (Å²) in [5.41, 5.74) is 3.82. The third-order valence-corrected chi connectivity index (χ3v) is 7.00. The van der Waals surface area contributed by atoms with Gasteiger partial charge >= 0.3 is 0 Å². The van der Waals surface area contributed by atoms with Crippen LogP contribution in [0.5, 0.6) is 11.5 Å². The first-order valence-corrected chi connectivity index (χ1v) is 12.4. The van der Waals surface area contributed by atoms with Crippen LogP contribution in [-0.2, 0) is 6.54 Å². The molecule has 0 bridgehead atoms. The molecule has 1 amide bonds. The fourth-order valence-electron chi connectivity index (χ4n) is 4.94. The van der Waals surface area contributed by atoms with Crippen LogP contribution in [0.25, 0.3) is 11.0 Å². The molecule has 4 aromatic carbocycles. The fraction of sp³-hybridized carbons (Fsp3) is 0.125. The second-order valence-electron chi connectivity index (χ2n) is 9.56. The normalized spacial score (nSPS) is 14.7. The smallest absolute Gasteiger partial charge is 0.291 e.